The minimum Gasteiger partial charge on any atom is -0.383 e. The molecule has 0 bridgehead atoms. The number of amides is 1. The Balaban J connectivity index is 1.79. The van der Waals surface area contributed by atoms with Crippen molar-refractivity contribution in [1.82, 2.24) is 15.5 Å². The van der Waals surface area contributed by atoms with Crippen LogP contribution in [0.15, 0.2) is 0 Å². The van der Waals surface area contributed by atoms with Gasteiger partial charge in [0.25, 0.3) is 0 Å². The zero-order valence-corrected chi connectivity index (χ0v) is 12.0. The molecular formula is C14H27N3O2. The largest absolute Gasteiger partial charge is 0.383 e. The lowest BCUT2D eigenvalue weighted by Gasteiger charge is -2.38. The first kappa shape index (κ1) is 14.8. The summed E-state index contributed by atoms with van der Waals surface area (Å²) >= 11 is 0. The van der Waals surface area contributed by atoms with E-state index in [2.05, 4.69) is 15.5 Å². The molecule has 2 saturated heterocycles. The Morgan fingerprint density at radius 2 is 2.26 bits per heavy atom. The van der Waals surface area contributed by atoms with Gasteiger partial charge in [0.1, 0.15) is 0 Å². The first-order valence-corrected chi connectivity index (χ1v) is 7.54. The van der Waals surface area contributed by atoms with Gasteiger partial charge < -0.3 is 15.4 Å². The van der Waals surface area contributed by atoms with Gasteiger partial charge in [0.05, 0.1) is 13.2 Å². The molecule has 19 heavy (non-hydrogen) atoms. The van der Waals surface area contributed by atoms with E-state index in [4.69, 9.17) is 4.74 Å². The van der Waals surface area contributed by atoms with Crippen LogP contribution < -0.4 is 10.6 Å². The summed E-state index contributed by atoms with van der Waals surface area (Å²) in [4.78, 5) is 14.3. The molecule has 0 radical (unpaired) electrons. The lowest BCUT2D eigenvalue weighted by molar-refractivity contribution is -0.123. The molecule has 2 fully saturated rings. The van der Waals surface area contributed by atoms with Crippen molar-refractivity contribution in [3.05, 3.63) is 0 Å². The van der Waals surface area contributed by atoms with Crippen molar-refractivity contribution in [2.45, 2.75) is 44.2 Å². The van der Waals surface area contributed by atoms with E-state index >= 15 is 0 Å². The summed E-state index contributed by atoms with van der Waals surface area (Å²) in [5.74, 6) is 0.127. The Labute approximate surface area is 116 Å². The van der Waals surface area contributed by atoms with Gasteiger partial charge in [-0.25, -0.2) is 0 Å². The quantitative estimate of drug-likeness (QED) is 0.684. The molecule has 2 N–H and O–H groups in total. The summed E-state index contributed by atoms with van der Waals surface area (Å²) < 4.78 is 4.95. The van der Waals surface area contributed by atoms with Crippen LogP contribution in [0.4, 0.5) is 0 Å². The average Bonchev–Trinajstić information content (AvgIpc) is 2.93. The molecule has 0 saturated carbocycles. The maximum absolute atomic E-state index is 11.9. The third-order valence-electron chi connectivity index (χ3n) is 4.20. The molecule has 2 aliphatic rings. The van der Waals surface area contributed by atoms with E-state index in [0.29, 0.717) is 31.8 Å². The van der Waals surface area contributed by atoms with Crippen LogP contribution in [-0.4, -0.2) is 62.8 Å². The van der Waals surface area contributed by atoms with Crippen molar-refractivity contribution in [3.8, 4) is 0 Å². The molecule has 0 aliphatic carbocycles. The van der Waals surface area contributed by atoms with Gasteiger partial charge in [0.15, 0.2) is 0 Å². The molecule has 0 aromatic carbocycles. The van der Waals surface area contributed by atoms with Gasteiger partial charge in [-0.2, -0.15) is 0 Å². The molecule has 5 heteroatoms. The highest BCUT2D eigenvalue weighted by molar-refractivity contribution is 5.78. The van der Waals surface area contributed by atoms with Crippen molar-refractivity contribution < 1.29 is 9.53 Å². The molecule has 1 amide bonds. The smallest absolute Gasteiger partial charge is 0.234 e. The zero-order chi connectivity index (χ0) is 13.5. The summed E-state index contributed by atoms with van der Waals surface area (Å²) in [6, 6.07) is 1.14. The van der Waals surface area contributed by atoms with E-state index in [1.165, 1.54) is 32.1 Å². The fourth-order valence-corrected chi connectivity index (χ4v) is 3.24. The minimum absolute atomic E-state index is 0.127. The predicted octanol–water partition coefficient (Wildman–Crippen LogP) is 0.356. The second kappa shape index (κ2) is 7.82. The van der Waals surface area contributed by atoms with Gasteiger partial charge in [0.2, 0.25) is 5.91 Å². The lowest BCUT2D eigenvalue weighted by Crippen LogP contribution is -2.53. The van der Waals surface area contributed by atoms with Crippen LogP contribution in [0, 0.1) is 0 Å². The third-order valence-corrected chi connectivity index (χ3v) is 4.20. The molecule has 2 unspecified atom stereocenters. The molecule has 110 valence electrons. The number of ether oxygens (including phenoxy) is 1. The van der Waals surface area contributed by atoms with Gasteiger partial charge >= 0.3 is 0 Å². The van der Waals surface area contributed by atoms with Crippen LogP contribution in [-0.2, 0) is 9.53 Å². The molecule has 2 rings (SSSR count). The average molecular weight is 269 g/mol. The number of likely N-dealkylation sites (tertiary alicyclic amines) is 1. The van der Waals surface area contributed by atoms with Gasteiger partial charge in [0, 0.05) is 25.7 Å². The molecule has 5 nitrogen and oxygen atoms in total. The van der Waals surface area contributed by atoms with E-state index < -0.39 is 0 Å². The topological polar surface area (TPSA) is 53.6 Å². The molecular weight excluding hydrogens is 242 g/mol. The van der Waals surface area contributed by atoms with Gasteiger partial charge in [-0.3, -0.25) is 9.69 Å². The summed E-state index contributed by atoms with van der Waals surface area (Å²) in [7, 11) is 1.65. The van der Waals surface area contributed by atoms with Crippen molar-refractivity contribution >= 4 is 5.91 Å². The Kier molecular flexibility index (Phi) is 6.07. The fraction of sp³-hybridized carbons (Fsp3) is 0.929. The lowest BCUT2D eigenvalue weighted by atomic mass is 9.94. The van der Waals surface area contributed by atoms with E-state index in [-0.39, 0.29) is 5.91 Å². The fourth-order valence-electron chi connectivity index (χ4n) is 3.24. The van der Waals surface area contributed by atoms with Crippen LogP contribution in [0.5, 0.6) is 0 Å². The number of hydrogen-bond donors (Lipinski definition) is 2. The number of nitrogens with zero attached hydrogens (tertiary/aromatic N) is 1. The molecule has 0 spiro atoms. The van der Waals surface area contributed by atoms with Crippen LogP contribution >= 0.6 is 0 Å². The maximum Gasteiger partial charge on any atom is 0.234 e. The summed E-state index contributed by atoms with van der Waals surface area (Å²) in [5.41, 5.74) is 0. The van der Waals surface area contributed by atoms with Crippen molar-refractivity contribution in [2.75, 3.05) is 39.9 Å². The van der Waals surface area contributed by atoms with Gasteiger partial charge in [-0.05, 0) is 38.8 Å². The Morgan fingerprint density at radius 3 is 3.00 bits per heavy atom. The summed E-state index contributed by atoms with van der Waals surface area (Å²) in [6.45, 7) is 3.91. The minimum atomic E-state index is 0.127. The number of methoxy groups -OCH3 is 1. The van der Waals surface area contributed by atoms with Gasteiger partial charge in [-0.15, -0.1) is 0 Å². The van der Waals surface area contributed by atoms with E-state index in [1.807, 2.05) is 0 Å². The Morgan fingerprint density at radius 1 is 1.37 bits per heavy atom. The first-order valence-electron chi connectivity index (χ1n) is 7.54. The molecule has 2 heterocycles. The number of carbonyl (C=O) groups is 1. The third kappa shape index (κ3) is 4.44. The van der Waals surface area contributed by atoms with Crippen LogP contribution in [0.3, 0.4) is 0 Å². The number of carbonyl (C=O) groups excluding carboxylic acids is 1. The molecule has 2 atom stereocenters. The SMILES string of the molecule is COCCNC(=O)CN1CCCCC1C1CCCN1. The highest BCUT2D eigenvalue weighted by Gasteiger charge is 2.32. The number of piperidine rings is 1. The number of nitrogens with one attached hydrogen (secondary N) is 2. The van der Waals surface area contributed by atoms with E-state index in [0.717, 1.165) is 13.1 Å². The zero-order valence-electron chi connectivity index (χ0n) is 12.0. The Hall–Kier alpha value is -0.650. The number of hydrogen-bond acceptors (Lipinski definition) is 4. The standard InChI is InChI=1S/C14H27N3O2/c1-19-10-8-16-14(18)11-17-9-3-2-6-13(17)12-5-4-7-15-12/h12-13,15H,2-11H2,1H3,(H,16,18). The predicted molar refractivity (Wildman–Crippen MR) is 75.1 cm³/mol. The monoisotopic (exact) mass is 269 g/mol. The highest BCUT2D eigenvalue weighted by Crippen LogP contribution is 2.23. The molecule has 0 aromatic heterocycles. The van der Waals surface area contributed by atoms with E-state index in [9.17, 15) is 4.79 Å². The van der Waals surface area contributed by atoms with Crippen LogP contribution in [0.2, 0.25) is 0 Å². The number of rotatable bonds is 6. The van der Waals surface area contributed by atoms with Crippen LogP contribution in [0.1, 0.15) is 32.1 Å². The van der Waals surface area contributed by atoms with Crippen LogP contribution in [0.25, 0.3) is 0 Å². The summed E-state index contributed by atoms with van der Waals surface area (Å²) in [6.07, 6.45) is 6.27. The second-order valence-corrected chi connectivity index (χ2v) is 5.58. The first-order chi connectivity index (χ1) is 9.31. The van der Waals surface area contributed by atoms with Crippen molar-refractivity contribution in [2.24, 2.45) is 0 Å². The normalized spacial score (nSPS) is 28.5. The highest BCUT2D eigenvalue weighted by atomic mass is 16.5. The molecule has 0 aromatic rings. The summed E-state index contributed by atoms with van der Waals surface area (Å²) in [5, 5.41) is 6.50. The van der Waals surface area contributed by atoms with Gasteiger partial charge in [-0.1, -0.05) is 6.42 Å². The maximum atomic E-state index is 11.9. The van der Waals surface area contributed by atoms with Crippen molar-refractivity contribution in [1.29, 1.82) is 0 Å². The molecule has 2 aliphatic heterocycles. The Bertz CT molecular complexity index is 280. The van der Waals surface area contributed by atoms with E-state index in [1.54, 1.807) is 7.11 Å². The van der Waals surface area contributed by atoms with Crippen molar-refractivity contribution in [3.63, 3.8) is 0 Å². The second-order valence-electron chi connectivity index (χ2n) is 5.58.